The van der Waals surface area contributed by atoms with Gasteiger partial charge in [0.2, 0.25) is 0 Å². The van der Waals surface area contributed by atoms with Crippen LogP contribution in [0.4, 0.5) is 5.13 Å². The number of amides is 1. The number of rotatable bonds is 3. The Hall–Kier alpha value is -1.93. The molecular weight excluding hydrogens is 328 g/mol. The van der Waals surface area contributed by atoms with Crippen molar-refractivity contribution >= 4 is 22.4 Å². The van der Waals surface area contributed by atoms with Gasteiger partial charge in [-0.2, -0.15) is 0 Å². The summed E-state index contributed by atoms with van der Waals surface area (Å²) in [5, 5.41) is 3.00. The lowest BCUT2D eigenvalue weighted by molar-refractivity contribution is 0.0725. The molecule has 1 amide bonds. The molecule has 0 radical (unpaired) electrons. The zero-order valence-electron chi connectivity index (χ0n) is 13.4. The SMILES string of the molecule is O=C(c1ncoc1[C@H]1CCCO1)N1CCCN(c2nccs2)CC1. The molecule has 24 heavy (non-hydrogen) atoms. The summed E-state index contributed by atoms with van der Waals surface area (Å²) < 4.78 is 11.1. The van der Waals surface area contributed by atoms with E-state index in [1.807, 2.05) is 16.5 Å². The number of carbonyl (C=O) groups is 1. The molecule has 0 aromatic carbocycles. The van der Waals surface area contributed by atoms with Crippen molar-refractivity contribution in [1.82, 2.24) is 14.9 Å². The number of aromatic nitrogens is 2. The summed E-state index contributed by atoms with van der Waals surface area (Å²) >= 11 is 1.63. The Morgan fingerprint density at radius 1 is 1.21 bits per heavy atom. The third-order valence-corrected chi connectivity index (χ3v) is 5.32. The summed E-state index contributed by atoms with van der Waals surface area (Å²) in [7, 11) is 0. The Kier molecular flexibility index (Phi) is 4.48. The molecule has 2 saturated heterocycles. The Morgan fingerprint density at radius 2 is 2.17 bits per heavy atom. The van der Waals surface area contributed by atoms with E-state index in [0.29, 0.717) is 24.6 Å². The second kappa shape index (κ2) is 6.90. The molecule has 8 heteroatoms. The minimum Gasteiger partial charge on any atom is -0.445 e. The second-order valence-electron chi connectivity index (χ2n) is 6.01. The van der Waals surface area contributed by atoms with Crippen molar-refractivity contribution in [3.8, 4) is 0 Å². The van der Waals surface area contributed by atoms with Gasteiger partial charge in [-0.05, 0) is 19.3 Å². The molecule has 0 aliphatic carbocycles. The molecule has 4 rings (SSSR count). The van der Waals surface area contributed by atoms with Gasteiger partial charge in [0.05, 0.1) is 0 Å². The molecule has 1 atom stereocenters. The van der Waals surface area contributed by atoms with E-state index < -0.39 is 0 Å². The summed E-state index contributed by atoms with van der Waals surface area (Å²) in [5.74, 6) is 0.522. The molecule has 2 aromatic heterocycles. The predicted molar refractivity (Wildman–Crippen MR) is 89.3 cm³/mol. The van der Waals surface area contributed by atoms with Crippen molar-refractivity contribution in [2.45, 2.75) is 25.4 Å². The summed E-state index contributed by atoms with van der Waals surface area (Å²) in [6.07, 6.45) is 5.82. The first-order valence-electron chi connectivity index (χ1n) is 8.31. The number of thiazole rings is 1. The zero-order valence-corrected chi connectivity index (χ0v) is 14.2. The Bertz CT molecular complexity index is 681. The van der Waals surface area contributed by atoms with Crippen molar-refractivity contribution in [2.24, 2.45) is 0 Å². The lowest BCUT2D eigenvalue weighted by Crippen LogP contribution is -2.36. The van der Waals surface area contributed by atoms with Crippen LogP contribution in [-0.2, 0) is 4.74 Å². The topological polar surface area (TPSA) is 71.7 Å². The molecule has 2 aliphatic heterocycles. The van der Waals surface area contributed by atoms with Crippen LogP contribution >= 0.6 is 11.3 Å². The lowest BCUT2D eigenvalue weighted by atomic mass is 10.1. The largest absolute Gasteiger partial charge is 0.445 e. The van der Waals surface area contributed by atoms with Crippen LogP contribution in [0.25, 0.3) is 0 Å². The molecule has 0 bridgehead atoms. The van der Waals surface area contributed by atoms with Crippen molar-refractivity contribution in [1.29, 1.82) is 0 Å². The molecule has 2 fully saturated rings. The third-order valence-electron chi connectivity index (χ3n) is 4.49. The molecule has 2 aliphatic rings. The minimum atomic E-state index is -0.134. The Balaban J connectivity index is 1.46. The van der Waals surface area contributed by atoms with Crippen molar-refractivity contribution in [3.05, 3.63) is 29.4 Å². The van der Waals surface area contributed by atoms with Crippen molar-refractivity contribution < 1.29 is 13.9 Å². The highest BCUT2D eigenvalue weighted by molar-refractivity contribution is 7.13. The van der Waals surface area contributed by atoms with Gasteiger partial charge in [-0.15, -0.1) is 11.3 Å². The first-order chi connectivity index (χ1) is 11.8. The van der Waals surface area contributed by atoms with Gasteiger partial charge in [-0.1, -0.05) is 0 Å². The highest BCUT2D eigenvalue weighted by Crippen LogP contribution is 2.31. The van der Waals surface area contributed by atoms with Gasteiger partial charge >= 0.3 is 0 Å². The van der Waals surface area contributed by atoms with Gasteiger partial charge in [0.15, 0.2) is 23.0 Å². The maximum Gasteiger partial charge on any atom is 0.276 e. The Labute approximate surface area is 144 Å². The summed E-state index contributed by atoms with van der Waals surface area (Å²) in [4.78, 5) is 25.5. The number of hydrogen-bond donors (Lipinski definition) is 0. The van der Waals surface area contributed by atoms with E-state index in [2.05, 4.69) is 14.9 Å². The number of hydrogen-bond acceptors (Lipinski definition) is 7. The predicted octanol–water partition coefficient (Wildman–Crippen LogP) is 2.34. The fourth-order valence-corrected chi connectivity index (χ4v) is 3.96. The van der Waals surface area contributed by atoms with Gasteiger partial charge in [-0.3, -0.25) is 4.79 Å². The van der Waals surface area contributed by atoms with E-state index in [4.69, 9.17) is 9.15 Å². The van der Waals surface area contributed by atoms with Gasteiger partial charge in [0.1, 0.15) is 6.10 Å². The van der Waals surface area contributed by atoms with Crippen LogP contribution in [0.2, 0.25) is 0 Å². The molecule has 128 valence electrons. The van der Waals surface area contributed by atoms with Crippen LogP contribution in [-0.4, -0.2) is 53.6 Å². The molecule has 2 aromatic rings. The van der Waals surface area contributed by atoms with Crippen LogP contribution in [0.15, 0.2) is 22.4 Å². The third kappa shape index (κ3) is 3.03. The van der Waals surface area contributed by atoms with Crippen LogP contribution in [0.3, 0.4) is 0 Å². The zero-order chi connectivity index (χ0) is 16.4. The van der Waals surface area contributed by atoms with Crippen LogP contribution < -0.4 is 4.90 Å². The van der Waals surface area contributed by atoms with Gasteiger partial charge in [-0.25, -0.2) is 9.97 Å². The molecule has 0 N–H and O–H groups in total. The number of ether oxygens (including phenoxy) is 1. The summed E-state index contributed by atoms with van der Waals surface area (Å²) in [6.45, 7) is 3.79. The molecular formula is C16H20N4O3S. The van der Waals surface area contributed by atoms with Crippen molar-refractivity contribution in [3.63, 3.8) is 0 Å². The van der Waals surface area contributed by atoms with E-state index >= 15 is 0 Å². The van der Waals surface area contributed by atoms with Crippen LogP contribution in [0.1, 0.15) is 41.6 Å². The number of nitrogens with zero attached hydrogens (tertiary/aromatic N) is 4. The molecule has 4 heterocycles. The fraction of sp³-hybridized carbons (Fsp3) is 0.562. The molecule has 0 spiro atoms. The maximum atomic E-state index is 12.9. The molecule has 0 saturated carbocycles. The molecule has 0 unspecified atom stereocenters. The van der Waals surface area contributed by atoms with Crippen LogP contribution in [0.5, 0.6) is 0 Å². The summed E-state index contributed by atoms with van der Waals surface area (Å²) in [5.41, 5.74) is 0.407. The van der Waals surface area contributed by atoms with E-state index in [9.17, 15) is 4.79 Å². The average Bonchev–Trinajstić information content (AvgIpc) is 3.33. The second-order valence-corrected chi connectivity index (χ2v) is 6.89. The first kappa shape index (κ1) is 15.6. The highest BCUT2D eigenvalue weighted by Gasteiger charge is 2.31. The van der Waals surface area contributed by atoms with Crippen LogP contribution in [0, 0.1) is 0 Å². The average molecular weight is 348 g/mol. The number of anilines is 1. The minimum absolute atomic E-state index is 0.0600. The molecule has 7 nitrogen and oxygen atoms in total. The highest BCUT2D eigenvalue weighted by atomic mass is 32.1. The first-order valence-corrected chi connectivity index (χ1v) is 9.19. The van der Waals surface area contributed by atoms with Gasteiger partial charge < -0.3 is 19.0 Å². The van der Waals surface area contributed by atoms with E-state index in [1.165, 1.54) is 6.39 Å². The lowest BCUT2D eigenvalue weighted by Gasteiger charge is -2.21. The fourth-order valence-electron chi connectivity index (χ4n) is 3.26. The van der Waals surface area contributed by atoms with Gasteiger partial charge in [0.25, 0.3) is 5.91 Å². The van der Waals surface area contributed by atoms with E-state index in [-0.39, 0.29) is 12.0 Å². The number of carbonyl (C=O) groups excluding carboxylic acids is 1. The maximum absolute atomic E-state index is 12.9. The monoisotopic (exact) mass is 348 g/mol. The van der Waals surface area contributed by atoms with Gasteiger partial charge in [0, 0.05) is 44.4 Å². The number of oxazole rings is 1. The summed E-state index contributed by atoms with van der Waals surface area (Å²) in [6, 6.07) is 0. The van der Waals surface area contributed by atoms with E-state index in [1.54, 1.807) is 11.3 Å². The van der Waals surface area contributed by atoms with E-state index in [0.717, 1.165) is 44.0 Å². The van der Waals surface area contributed by atoms with Crippen molar-refractivity contribution in [2.75, 3.05) is 37.7 Å². The quantitative estimate of drug-likeness (QED) is 0.848. The standard InChI is InChI=1S/C16H20N4O3S/c21-15(13-14(23-11-18-13)12-3-1-9-22-12)19-5-2-6-20(8-7-19)16-17-4-10-24-16/h4,10-12H,1-3,5-9H2/t12-/m1/s1. The normalized spacial score (nSPS) is 21.9. The Morgan fingerprint density at radius 3 is 2.96 bits per heavy atom. The smallest absolute Gasteiger partial charge is 0.276 e.